The number of ether oxygens (including phenoxy) is 1. The summed E-state index contributed by atoms with van der Waals surface area (Å²) in [5.41, 5.74) is 5.86. The first-order chi connectivity index (χ1) is 24.6. The molecule has 1 aliphatic heterocycles. The van der Waals surface area contributed by atoms with Crippen molar-refractivity contribution in [3.63, 3.8) is 0 Å². The molecule has 12 nitrogen and oxygen atoms in total. The van der Waals surface area contributed by atoms with E-state index in [1.54, 1.807) is 19.2 Å². The van der Waals surface area contributed by atoms with Crippen molar-refractivity contribution in [2.24, 2.45) is 9.98 Å². The zero-order valence-corrected chi connectivity index (χ0v) is 34.6. The van der Waals surface area contributed by atoms with E-state index < -0.39 is 27.2 Å². The lowest BCUT2D eigenvalue weighted by molar-refractivity contribution is -0.145. The Morgan fingerprint density at radius 1 is 0.943 bits per heavy atom. The molecule has 1 aliphatic rings. The summed E-state index contributed by atoms with van der Waals surface area (Å²) in [4.78, 5) is 51.4. The number of aliphatic imine (C=N–C) groups is 2. The highest BCUT2D eigenvalue weighted by Gasteiger charge is 2.56. The molecule has 0 aliphatic carbocycles. The molecule has 0 radical (unpaired) electrons. The second kappa shape index (κ2) is 18.6. The number of allylic oxidation sites excluding steroid dienone is 6. The van der Waals surface area contributed by atoms with Gasteiger partial charge in [-0.2, -0.15) is 0 Å². The Morgan fingerprint density at radius 2 is 1.51 bits per heavy atom. The molecule has 0 spiro atoms. The van der Waals surface area contributed by atoms with E-state index in [4.69, 9.17) is 24.6 Å². The summed E-state index contributed by atoms with van der Waals surface area (Å²) in [6.07, 6.45) is 6.52. The molecule has 0 saturated heterocycles. The van der Waals surface area contributed by atoms with Gasteiger partial charge in [-0.15, -0.1) is 0 Å². The van der Waals surface area contributed by atoms with E-state index in [-0.39, 0.29) is 35.2 Å². The maximum absolute atomic E-state index is 13.6. The number of rotatable bonds is 13. The topological polar surface area (TPSA) is 173 Å². The Morgan fingerprint density at radius 3 is 2.02 bits per heavy atom. The third-order valence-electron chi connectivity index (χ3n) is 7.88. The van der Waals surface area contributed by atoms with E-state index in [1.165, 1.54) is 11.7 Å². The molecule has 0 amide bonds. The van der Waals surface area contributed by atoms with E-state index in [9.17, 15) is 19.8 Å². The Hall–Kier alpha value is -5.14. The number of fused-ring (bicyclic) bond motifs is 1. The van der Waals surface area contributed by atoms with Crippen molar-refractivity contribution in [2.45, 2.75) is 94.4 Å². The molecule has 13 heteroatoms. The average Bonchev–Trinajstić information content (AvgIpc) is 3.35. The predicted molar refractivity (Wildman–Crippen MR) is 217 cm³/mol. The third kappa shape index (κ3) is 11.7. The van der Waals surface area contributed by atoms with Crippen LogP contribution in [-0.4, -0.2) is 67.7 Å². The molecular weight excluding hydrogens is 687 g/mol. The summed E-state index contributed by atoms with van der Waals surface area (Å²) in [6, 6.07) is 5.68. The molecule has 0 bridgehead atoms. The zero-order chi connectivity index (χ0) is 40.4. The monoisotopic (exact) mass is 743 g/mol. The lowest BCUT2D eigenvalue weighted by Crippen LogP contribution is -2.70. The average molecular weight is 744 g/mol. The molecule has 1 aromatic rings. The quantitative estimate of drug-likeness (QED) is 0.0468. The highest BCUT2D eigenvalue weighted by atomic mass is 28.4. The van der Waals surface area contributed by atoms with Crippen LogP contribution >= 0.6 is 0 Å². The lowest BCUT2D eigenvalue weighted by atomic mass is 9.85. The van der Waals surface area contributed by atoms with Crippen LogP contribution in [0.4, 0.5) is 0 Å². The maximum atomic E-state index is 13.6. The molecule has 286 valence electrons. The van der Waals surface area contributed by atoms with Gasteiger partial charge in [0.25, 0.3) is 5.97 Å². The largest absolute Gasteiger partial charge is 0.660 e. The van der Waals surface area contributed by atoms with Gasteiger partial charge in [-0.1, -0.05) is 80.5 Å². The van der Waals surface area contributed by atoms with Crippen LogP contribution in [0.3, 0.4) is 0 Å². The molecule has 1 atom stereocenters. The van der Waals surface area contributed by atoms with Gasteiger partial charge in [0.1, 0.15) is 11.7 Å². The molecule has 5 N–H and O–H groups in total. The van der Waals surface area contributed by atoms with Crippen molar-refractivity contribution < 1.29 is 23.5 Å². The van der Waals surface area contributed by atoms with E-state index in [0.29, 0.717) is 33.7 Å². The van der Waals surface area contributed by atoms with Gasteiger partial charge in [0, 0.05) is 29.3 Å². The first-order valence-corrected chi connectivity index (χ1v) is 19.2. The van der Waals surface area contributed by atoms with Gasteiger partial charge in [-0.3, -0.25) is 25.0 Å². The molecule has 53 heavy (non-hydrogen) atoms. The van der Waals surface area contributed by atoms with Crippen LogP contribution in [0.15, 0.2) is 98.3 Å². The van der Waals surface area contributed by atoms with Gasteiger partial charge in [-0.05, 0) is 78.0 Å². The van der Waals surface area contributed by atoms with Crippen LogP contribution in [0.1, 0.15) is 106 Å². The first-order valence-electron chi connectivity index (χ1n) is 17.4. The minimum atomic E-state index is -4.93. The van der Waals surface area contributed by atoms with Crippen molar-refractivity contribution in [3.05, 3.63) is 105 Å². The second-order valence-electron chi connectivity index (χ2n) is 14.4. The van der Waals surface area contributed by atoms with Crippen molar-refractivity contribution >= 4 is 44.2 Å². The fourth-order valence-corrected chi connectivity index (χ4v) is 7.56. The number of carbonyl (C=O) groups excluding carboxylic acids is 2. The summed E-state index contributed by atoms with van der Waals surface area (Å²) in [6.45, 7) is 25.2. The number of amidine groups is 4. The normalized spacial score (nSPS) is 15.5. The van der Waals surface area contributed by atoms with E-state index in [1.807, 2.05) is 85.7 Å². The van der Waals surface area contributed by atoms with Gasteiger partial charge in [0.05, 0.1) is 25.8 Å². The summed E-state index contributed by atoms with van der Waals surface area (Å²) >= 11 is 0. The zero-order valence-electron chi connectivity index (χ0n) is 33.6. The third-order valence-corrected chi connectivity index (χ3v) is 10.00. The fraction of sp³-hybridized carbons (Fsp3) is 0.400. The minimum Gasteiger partial charge on any atom is -0.469 e. The predicted octanol–water partition coefficient (Wildman–Crippen LogP) is 7.11. The number of benzene rings is 1. The first kappa shape index (κ1) is 44.0. The van der Waals surface area contributed by atoms with E-state index >= 15 is 0 Å². The van der Waals surface area contributed by atoms with Crippen LogP contribution in [-0.2, 0) is 24.2 Å². The van der Waals surface area contributed by atoms with Gasteiger partial charge in [0.15, 0.2) is 11.7 Å². The molecule has 0 aromatic heterocycles. The van der Waals surface area contributed by atoms with Crippen LogP contribution in [0.5, 0.6) is 0 Å². The number of hydrogen-bond acceptors (Lipinski definition) is 9. The van der Waals surface area contributed by atoms with Crippen molar-refractivity contribution in [1.82, 2.24) is 14.9 Å². The maximum Gasteiger partial charge on any atom is 0.660 e. The SMILES string of the molecule is C=C(C=C(C)C)C(=N)N=C1c2ccc(C(C)(C)C)cc2C(=NC(=N)C(/C=C\C)=C(C)C)N1[Si](O)(N/C(NC)=C(\C)C=C(C)C)OC(=O)CCC(=O)OC. The number of nitrogens with zero attached hydrogens (tertiary/aromatic N) is 3. The van der Waals surface area contributed by atoms with Crippen molar-refractivity contribution in [2.75, 3.05) is 14.2 Å². The molecular formula is C40H57N7O5Si. The van der Waals surface area contributed by atoms with E-state index in [2.05, 4.69) is 37.6 Å². The van der Waals surface area contributed by atoms with E-state index in [0.717, 1.165) is 22.3 Å². The standard InChI is InChI=1S/C40H57N7O5Si/c1-15-16-30(26(6)7)36(42)45-39-32-23-29(40(10,11)12)17-18-31(32)38(44-35(41)27(8)21-24(2)3)47(39)53(50,52-34(49)20-19-33(48)51-14)46-37(43-13)28(9)22-25(4)5/h15-18,21-23,41-43,46,50H,8,19-20H2,1-7,9-14H3/b16-15-,37-28+,41-35?,42-36?,44-38?,45-39?. The number of carbonyl (C=O) groups is 2. The number of methoxy groups -OCH3 is 1. The minimum absolute atomic E-state index is 0.0582. The van der Waals surface area contributed by atoms with Gasteiger partial charge >= 0.3 is 14.9 Å². The van der Waals surface area contributed by atoms with Crippen LogP contribution < -0.4 is 10.3 Å². The smallest absolute Gasteiger partial charge is 0.469 e. The van der Waals surface area contributed by atoms with Crippen LogP contribution in [0, 0.1) is 10.8 Å². The summed E-state index contributed by atoms with van der Waals surface area (Å²) in [7, 11) is -2.05. The Bertz CT molecular complexity index is 1860. The second-order valence-corrected chi connectivity index (χ2v) is 16.5. The molecule has 0 saturated carbocycles. The van der Waals surface area contributed by atoms with Gasteiger partial charge in [-0.25, -0.2) is 9.98 Å². The van der Waals surface area contributed by atoms with Crippen LogP contribution in [0.25, 0.3) is 0 Å². The molecule has 1 aromatic carbocycles. The Labute approximate surface area is 316 Å². The van der Waals surface area contributed by atoms with Crippen molar-refractivity contribution in [3.8, 4) is 0 Å². The van der Waals surface area contributed by atoms with Gasteiger partial charge < -0.3 is 24.3 Å². The number of nitrogens with one attached hydrogen (secondary N) is 4. The highest BCUT2D eigenvalue weighted by molar-refractivity contribution is 6.71. The summed E-state index contributed by atoms with van der Waals surface area (Å²) in [5, 5.41) is 21.3. The highest BCUT2D eigenvalue weighted by Crippen LogP contribution is 2.34. The lowest BCUT2D eigenvalue weighted by Gasteiger charge is -2.35. The van der Waals surface area contributed by atoms with Crippen LogP contribution in [0.2, 0.25) is 0 Å². The number of hydrogen-bond donors (Lipinski definition) is 5. The van der Waals surface area contributed by atoms with Crippen molar-refractivity contribution in [1.29, 1.82) is 10.8 Å². The Kier molecular flexibility index (Phi) is 15.4. The Balaban J connectivity index is 3.24. The molecule has 1 heterocycles. The molecule has 2 rings (SSSR count). The summed E-state index contributed by atoms with van der Waals surface area (Å²) in [5.74, 6) is -1.36. The number of esters is 1. The fourth-order valence-electron chi connectivity index (χ4n) is 5.32. The van der Waals surface area contributed by atoms with Gasteiger partial charge in [0.2, 0.25) is 0 Å². The summed E-state index contributed by atoms with van der Waals surface area (Å²) < 4.78 is 12.1. The molecule has 0 fully saturated rings. The molecule has 1 unspecified atom stereocenters.